The van der Waals surface area contributed by atoms with Crippen LogP contribution in [0.5, 0.6) is 0 Å². The molecular formula is C26H26F4N6O. The number of pyridine rings is 1. The van der Waals surface area contributed by atoms with Crippen molar-refractivity contribution in [3.05, 3.63) is 65.4 Å². The lowest BCUT2D eigenvalue weighted by molar-refractivity contribution is -0.137. The SMILES string of the molecule is O=C(CN1CC2CCC(C1)N2c1ccc(C(F)(F)F)cn1)N1CCc2nc(-c3ccc(F)cc3)[nH]c2C1. The lowest BCUT2D eigenvalue weighted by atomic mass is 10.1. The van der Waals surface area contributed by atoms with Crippen LogP contribution >= 0.6 is 0 Å². The quantitative estimate of drug-likeness (QED) is 0.536. The van der Waals surface area contributed by atoms with Gasteiger partial charge in [-0.25, -0.2) is 14.4 Å². The van der Waals surface area contributed by atoms with Crippen molar-refractivity contribution in [2.75, 3.05) is 31.1 Å². The first-order valence-corrected chi connectivity index (χ1v) is 12.4. The Hall–Kier alpha value is -3.47. The molecule has 2 unspecified atom stereocenters. The Morgan fingerprint density at radius 3 is 2.43 bits per heavy atom. The molecule has 2 aromatic heterocycles. The van der Waals surface area contributed by atoms with Crippen molar-refractivity contribution < 1.29 is 22.4 Å². The van der Waals surface area contributed by atoms with Crippen molar-refractivity contribution in [1.82, 2.24) is 24.8 Å². The molecule has 3 aliphatic heterocycles. The van der Waals surface area contributed by atoms with E-state index in [4.69, 9.17) is 0 Å². The molecule has 1 aromatic carbocycles. The zero-order chi connectivity index (χ0) is 25.7. The number of carbonyl (C=O) groups excluding carboxylic acids is 1. The summed E-state index contributed by atoms with van der Waals surface area (Å²) in [5.41, 5.74) is 1.88. The van der Waals surface area contributed by atoms with E-state index in [-0.39, 0.29) is 23.8 Å². The van der Waals surface area contributed by atoms with E-state index >= 15 is 0 Å². The maximum Gasteiger partial charge on any atom is 0.417 e. The number of rotatable bonds is 4. The molecule has 3 aliphatic rings. The summed E-state index contributed by atoms with van der Waals surface area (Å²) in [6.45, 7) is 2.67. The summed E-state index contributed by atoms with van der Waals surface area (Å²) in [5, 5.41) is 0. The fourth-order valence-electron chi connectivity index (χ4n) is 5.74. The summed E-state index contributed by atoms with van der Waals surface area (Å²) in [5.74, 6) is 0.973. The Balaban J connectivity index is 1.08. The van der Waals surface area contributed by atoms with Gasteiger partial charge in [-0.05, 0) is 49.2 Å². The number of alkyl halides is 3. The number of nitrogens with one attached hydrogen (secondary N) is 1. The van der Waals surface area contributed by atoms with E-state index in [1.165, 1.54) is 18.2 Å². The van der Waals surface area contributed by atoms with Gasteiger partial charge in [-0.15, -0.1) is 0 Å². The Labute approximate surface area is 211 Å². The van der Waals surface area contributed by atoms with Crippen LogP contribution < -0.4 is 4.90 Å². The second-order valence-electron chi connectivity index (χ2n) is 9.97. The van der Waals surface area contributed by atoms with Gasteiger partial charge in [0.25, 0.3) is 0 Å². The number of hydrogen-bond acceptors (Lipinski definition) is 5. The van der Waals surface area contributed by atoms with E-state index in [1.54, 1.807) is 12.1 Å². The fourth-order valence-corrected chi connectivity index (χ4v) is 5.74. The predicted octanol–water partition coefficient (Wildman–Crippen LogP) is 3.87. The van der Waals surface area contributed by atoms with Crippen molar-refractivity contribution >= 4 is 11.7 Å². The van der Waals surface area contributed by atoms with Gasteiger partial charge in [-0.2, -0.15) is 13.2 Å². The number of piperazine rings is 1. The second-order valence-corrected chi connectivity index (χ2v) is 9.97. The van der Waals surface area contributed by atoms with Gasteiger partial charge in [0.1, 0.15) is 17.5 Å². The summed E-state index contributed by atoms with van der Waals surface area (Å²) in [7, 11) is 0. The van der Waals surface area contributed by atoms with Gasteiger partial charge in [-0.3, -0.25) is 9.69 Å². The first-order chi connectivity index (χ1) is 17.7. The van der Waals surface area contributed by atoms with Gasteiger partial charge in [0, 0.05) is 49.9 Å². The molecule has 2 saturated heterocycles. The molecule has 0 saturated carbocycles. The number of benzene rings is 1. The highest BCUT2D eigenvalue weighted by Gasteiger charge is 2.41. The smallest absolute Gasteiger partial charge is 0.348 e. The van der Waals surface area contributed by atoms with Crippen LogP contribution in [0, 0.1) is 5.82 Å². The van der Waals surface area contributed by atoms with Crippen molar-refractivity contribution in [3.63, 3.8) is 0 Å². The number of carbonyl (C=O) groups is 1. The topological polar surface area (TPSA) is 68.4 Å². The third-order valence-corrected chi connectivity index (χ3v) is 7.56. The van der Waals surface area contributed by atoms with Crippen molar-refractivity contribution in [1.29, 1.82) is 0 Å². The summed E-state index contributed by atoms with van der Waals surface area (Å²) < 4.78 is 52.0. The summed E-state index contributed by atoms with van der Waals surface area (Å²) >= 11 is 0. The molecule has 2 fully saturated rings. The van der Waals surface area contributed by atoms with Crippen LogP contribution in [0.1, 0.15) is 29.8 Å². The molecule has 7 nitrogen and oxygen atoms in total. The predicted molar refractivity (Wildman–Crippen MR) is 128 cm³/mol. The minimum absolute atomic E-state index is 0.0455. The monoisotopic (exact) mass is 514 g/mol. The van der Waals surface area contributed by atoms with Crippen LogP contribution in [0.25, 0.3) is 11.4 Å². The zero-order valence-corrected chi connectivity index (χ0v) is 20.0. The number of H-pyrrole nitrogens is 1. The molecule has 6 rings (SSSR count). The Bertz CT molecular complexity index is 1280. The molecule has 1 amide bonds. The number of halogens is 4. The van der Waals surface area contributed by atoms with E-state index < -0.39 is 11.7 Å². The van der Waals surface area contributed by atoms with Crippen LogP contribution in [-0.4, -0.2) is 68.9 Å². The second kappa shape index (κ2) is 9.13. The molecule has 11 heteroatoms. The molecule has 2 atom stereocenters. The zero-order valence-electron chi connectivity index (χ0n) is 20.0. The number of hydrogen-bond donors (Lipinski definition) is 1. The lowest BCUT2D eigenvalue weighted by Crippen LogP contribution is -2.56. The maximum atomic E-state index is 13.3. The van der Waals surface area contributed by atoms with Gasteiger partial charge in [0.2, 0.25) is 5.91 Å². The fraction of sp³-hybridized carbons (Fsp3) is 0.423. The van der Waals surface area contributed by atoms with Gasteiger partial charge < -0.3 is 14.8 Å². The lowest BCUT2D eigenvalue weighted by Gasteiger charge is -2.42. The van der Waals surface area contributed by atoms with Crippen molar-refractivity contribution in [3.8, 4) is 11.4 Å². The van der Waals surface area contributed by atoms with Crippen LogP contribution in [0.3, 0.4) is 0 Å². The van der Waals surface area contributed by atoms with Gasteiger partial charge in [0.05, 0.1) is 30.0 Å². The standard InChI is InChI=1S/C26H26F4N6O/c27-18-4-1-16(2-5-18)25-32-21-9-10-35(14-22(21)33-25)24(37)15-34-12-19-6-7-20(13-34)36(19)23-8-3-17(11-31-23)26(28,29)30/h1-5,8,11,19-20H,6-7,9-10,12-15H2,(H,32,33). The number of amides is 1. The van der Waals surface area contributed by atoms with Gasteiger partial charge in [-0.1, -0.05) is 0 Å². The van der Waals surface area contributed by atoms with E-state index in [2.05, 4.69) is 24.8 Å². The number of aromatic nitrogens is 3. The van der Waals surface area contributed by atoms with E-state index in [1.807, 2.05) is 4.90 Å². The summed E-state index contributed by atoms with van der Waals surface area (Å²) in [6.07, 6.45) is -1.02. The van der Waals surface area contributed by atoms with E-state index in [0.717, 1.165) is 42.1 Å². The maximum absolute atomic E-state index is 13.3. The van der Waals surface area contributed by atoms with Crippen LogP contribution in [0.4, 0.5) is 23.4 Å². The third-order valence-electron chi connectivity index (χ3n) is 7.56. The molecular weight excluding hydrogens is 488 g/mol. The van der Waals surface area contributed by atoms with Crippen LogP contribution in [0.2, 0.25) is 0 Å². The average molecular weight is 515 g/mol. The average Bonchev–Trinajstić information content (AvgIpc) is 3.42. The molecule has 5 heterocycles. The minimum atomic E-state index is -4.41. The number of fused-ring (bicyclic) bond motifs is 3. The molecule has 1 N–H and O–H groups in total. The highest BCUT2D eigenvalue weighted by Crippen LogP contribution is 2.35. The number of nitrogens with zero attached hydrogens (tertiary/aromatic N) is 5. The highest BCUT2D eigenvalue weighted by molar-refractivity contribution is 5.78. The van der Waals surface area contributed by atoms with E-state index in [0.29, 0.717) is 50.8 Å². The van der Waals surface area contributed by atoms with E-state index in [9.17, 15) is 22.4 Å². The first kappa shape index (κ1) is 23.9. The van der Waals surface area contributed by atoms with Crippen LogP contribution in [-0.2, 0) is 23.9 Å². The Kier molecular flexibility index (Phi) is 5.89. The van der Waals surface area contributed by atoms with Crippen molar-refractivity contribution in [2.24, 2.45) is 0 Å². The van der Waals surface area contributed by atoms with Crippen molar-refractivity contribution in [2.45, 2.75) is 44.1 Å². The number of aromatic amines is 1. The molecule has 2 bridgehead atoms. The minimum Gasteiger partial charge on any atom is -0.348 e. The molecule has 0 spiro atoms. The number of likely N-dealkylation sites (tertiary alicyclic amines) is 1. The first-order valence-electron chi connectivity index (χ1n) is 12.4. The van der Waals surface area contributed by atoms with Crippen LogP contribution in [0.15, 0.2) is 42.6 Å². The Morgan fingerprint density at radius 1 is 1.05 bits per heavy atom. The molecule has 194 valence electrons. The third kappa shape index (κ3) is 4.68. The Morgan fingerprint density at radius 2 is 1.78 bits per heavy atom. The molecule has 0 aliphatic carbocycles. The summed E-state index contributed by atoms with van der Waals surface area (Å²) in [6, 6.07) is 8.92. The number of imidazole rings is 1. The molecule has 0 radical (unpaired) electrons. The highest BCUT2D eigenvalue weighted by atomic mass is 19.4. The van der Waals surface area contributed by atoms with Gasteiger partial charge >= 0.3 is 6.18 Å². The summed E-state index contributed by atoms with van der Waals surface area (Å²) in [4.78, 5) is 31.3. The largest absolute Gasteiger partial charge is 0.417 e. The normalized spacial score (nSPS) is 21.8. The molecule has 37 heavy (non-hydrogen) atoms. The van der Waals surface area contributed by atoms with Gasteiger partial charge in [0.15, 0.2) is 0 Å². The number of anilines is 1. The molecule has 3 aromatic rings.